The van der Waals surface area contributed by atoms with Crippen molar-refractivity contribution in [3.63, 3.8) is 0 Å². The van der Waals surface area contributed by atoms with Gasteiger partial charge in [0.15, 0.2) is 0 Å². The van der Waals surface area contributed by atoms with Gasteiger partial charge in [-0.25, -0.2) is 0 Å². The van der Waals surface area contributed by atoms with Gasteiger partial charge in [0.2, 0.25) is 0 Å². The minimum Gasteiger partial charge on any atom is -0.489 e. The smallest absolute Gasteiger partial charge is 0.418 e. The zero-order valence-electron chi connectivity index (χ0n) is 22.7. The van der Waals surface area contributed by atoms with E-state index in [4.69, 9.17) is 21.1 Å². The van der Waals surface area contributed by atoms with E-state index in [1.165, 1.54) is 19.4 Å². The van der Waals surface area contributed by atoms with Gasteiger partial charge in [-0.05, 0) is 76.6 Å². The minimum absolute atomic E-state index is 0.0986. The fourth-order valence-electron chi connectivity index (χ4n) is 4.85. The largest absolute Gasteiger partial charge is 0.489 e. The van der Waals surface area contributed by atoms with Crippen LogP contribution in [0.25, 0.3) is 22.0 Å². The van der Waals surface area contributed by atoms with E-state index in [9.17, 15) is 18.0 Å². The maximum Gasteiger partial charge on any atom is 0.418 e. The second-order valence-electron chi connectivity index (χ2n) is 9.87. The molecule has 4 nitrogen and oxygen atoms in total. The van der Waals surface area contributed by atoms with Crippen molar-refractivity contribution in [2.75, 3.05) is 7.11 Å². The molecule has 0 N–H and O–H groups in total. The summed E-state index contributed by atoms with van der Waals surface area (Å²) in [5.41, 5.74) is 4.21. The SMILES string of the molecule is COC(=O)CCc1ccc(COc2cccc(-c3c(Cc4ccc(Cl)cc4)cnc4c(C(F)(F)F)cccc34)c2)cc1. The first-order chi connectivity index (χ1) is 20.2. The van der Waals surface area contributed by atoms with E-state index in [1.807, 2.05) is 60.7 Å². The molecule has 5 aromatic rings. The molecule has 0 radical (unpaired) electrons. The molecule has 0 aliphatic heterocycles. The Bertz CT molecular complexity index is 1700. The molecule has 0 amide bonds. The summed E-state index contributed by atoms with van der Waals surface area (Å²) in [7, 11) is 1.37. The van der Waals surface area contributed by atoms with E-state index < -0.39 is 11.7 Å². The van der Waals surface area contributed by atoms with Crippen LogP contribution in [0, 0.1) is 0 Å². The maximum absolute atomic E-state index is 13.9. The van der Waals surface area contributed by atoms with Crippen LogP contribution in [-0.2, 0) is 35.2 Å². The summed E-state index contributed by atoms with van der Waals surface area (Å²) >= 11 is 6.06. The van der Waals surface area contributed by atoms with Crippen molar-refractivity contribution in [3.8, 4) is 16.9 Å². The number of benzene rings is 4. The molecule has 0 unspecified atom stereocenters. The second-order valence-corrected chi connectivity index (χ2v) is 10.3. The zero-order chi connectivity index (χ0) is 29.7. The predicted molar refractivity (Wildman–Crippen MR) is 158 cm³/mol. The van der Waals surface area contributed by atoms with E-state index in [0.29, 0.717) is 47.6 Å². The van der Waals surface area contributed by atoms with Gasteiger partial charge in [0, 0.05) is 23.0 Å². The first kappa shape index (κ1) is 29.1. The van der Waals surface area contributed by atoms with E-state index in [1.54, 1.807) is 18.2 Å². The predicted octanol–water partition coefficient (Wildman–Crippen LogP) is 8.85. The monoisotopic (exact) mass is 589 g/mol. The lowest BCUT2D eigenvalue weighted by atomic mass is 9.92. The van der Waals surface area contributed by atoms with Gasteiger partial charge < -0.3 is 9.47 Å². The number of nitrogens with zero attached hydrogens (tertiary/aromatic N) is 1. The van der Waals surface area contributed by atoms with Crippen LogP contribution in [0.2, 0.25) is 5.02 Å². The molecule has 214 valence electrons. The molecule has 1 heterocycles. The quantitative estimate of drug-likeness (QED) is 0.161. The number of para-hydroxylation sites is 1. The van der Waals surface area contributed by atoms with Gasteiger partial charge in [0.25, 0.3) is 0 Å². The van der Waals surface area contributed by atoms with Crippen molar-refractivity contribution in [2.24, 2.45) is 0 Å². The Morgan fingerprint density at radius 1 is 0.881 bits per heavy atom. The van der Waals surface area contributed by atoms with Gasteiger partial charge in [0.05, 0.1) is 18.2 Å². The molecule has 42 heavy (non-hydrogen) atoms. The van der Waals surface area contributed by atoms with E-state index >= 15 is 0 Å². The lowest BCUT2D eigenvalue weighted by molar-refractivity contribution is -0.140. The van der Waals surface area contributed by atoms with Crippen LogP contribution in [-0.4, -0.2) is 18.1 Å². The molecule has 0 aliphatic rings. The molecule has 8 heteroatoms. The number of esters is 1. The fourth-order valence-corrected chi connectivity index (χ4v) is 4.97. The highest BCUT2D eigenvalue weighted by Gasteiger charge is 2.33. The van der Waals surface area contributed by atoms with Crippen molar-refractivity contribution in [1.82, 2.24) is 4.98 Å². The number of carbonyl (C=O) groups is 1. The molecular weight excluding hydrogens is 563 g/mol. The van der Waals surface area contributed by atoms with Gasteiger partial charge in [-0.1, -0.05) is 72.3 Å². The lowest BCUT2D eigenvalue weighted by Gasteiger charge is -2.17. The number of methoxy groups -OCH3 is 1. The fraction of sp³-hybridized carbons (Fsp3) is 0.176. The van der Waals surface area contributed by atoms with Crippen LogP contribution in [0.3, 0.4) is 0 Å². The number of hydrogen-bond acceptors (Lipinski definition) is 4. The first-order valence-electron chi connectivity index (χ1n) is 13.3. The van der Waals surface area contributed by atoms with Gasteiger partial charge in [0.1, 0.15) is 12.4 Å². The average molecular weight is 590 g/mol. The van der Waals surface area contributed by atoms with E-state index in [0.717, 1.165) is 33.9 Å². The summed E-state index contributed by atoms with van der Waals surface area (Å²) in [5.74, 6) is 0.326. The van der Waals surface area contributed by atoms with Crippen LogP contribution < -0.4 is 4.74 Å². The second kappa shape index (κ2) is 12.7. The molecule has 0 spiro atoms. The molecule has 0 bridgehead atoms. The van der Waals surface area contributed by atoms with Crippen LogP contribution in [0.5, 0.6) is 5.75 Å². The summed E-state index contributed by atoms with van der Waals surface area (Å²) in [6.07, 6.45) is -1.66. The van der Waals surface area contributed by atoms with E-state index in [2.05, 4.69) is 4.98 Å². The summed E-state index contributed by atoms with van der Waals surface area (Å²) in [6.45, 7) is 0.299. The van der Waals surface area contributed by atoms with Gasteiger partial charge in [-0.15, -0.1) is 0 Å². The van der Waals surface area contributed by atoms with Crippen molar-refractivity contribution in [1.29, 1.82) is 0 Å². The Morgan fingerprint density at radius 3 is 2.29 bits per heavy atom. The van der Waals surface area contributed by atoms with Crippen LogP contribution in [0.4, 0.5) is 13.2 Å². The molecule has 0 saturated carbocycles. The number of hydrogen-bond donors (Lipinski definition) is 0. The summed E-state index contributed by atoms with van der Waals surface area (Å²) < 4.78 is 52.4. The number of aryl methyl sites for hydroxylation is 1. The van der Waals surface area contributed by atoms with Crippen molar-refractivity contribution in [2.45, 2.75) is 32.0 Å². The summed E-state index contributed by atoms with van der Waals surface area (Å²) in [4.78, 5) is 15.7. The molecule has 0 aliphatic carbocycles. The third-order valence-corrected chi connectivity index (χ3v) is 7.24. The third kappa shape index (κ3) is 6.92. The number of alkyl halides is 3. The highest BCUT2D eigenvalue weighted by molar-refractivity contribution is 6.30. The van der Waals surface area contributed by atoms with Gasteiger partial charge >= 0.3 is 12.1 Å². The number of carbonyl (C=O) groups excluding carboxylic acids is 1. The minimum atomic E-state index is -4.54. The van der Waals surface area contributed by atoms with Crippen molar-refractivity contribution < 1.29 is 27.4 Å². The zero-order valence-corrected chi connectivity index (χ0v) is 23.5. The molecular formula is C34H27ClF3NO3. The summed E-state index contributed by atoms with van der Waals surface area (Å²) in [6, 6.07) is 26.6. The summed E-state index contributed by atoms with van der Waals surface area (Å²) in [5, 5.41) is 1.02. The Morgan fingerprint density at radius 2 is 1.57 bits per heavy atom. The molecule has 1 aromatic heterocycles. The Kier molecular flexibility index (Phi) is 8.78. The van der Waals surface area contributed by atoms with Crippen molar-refractivity contribution >= 4 is 28.5 Å². The lowest BCUT2D eigenvalue weighted by Crippen LogP contribution is -2.07. The number of halogens is 4. The van der Waals surface area contributed by atoms with Crippen LogP contribution in [0.15, 0.2) is 97.2 Å². The van der Waals surface area contributed by atoms with E-state index in [-0.39, 0.29) is 11.5 Å². The third-order valence-electron chi connectivity index (χ3n) is 6.99. The Hall–Kier alpha value is -4.36. The van der Waals surface area contributed by atoms with Gasteiger partial charge in [-0.3, -0.25) is 9.78 Å². The highest BCUT2D eigenvalue weighted by Crippen LogP contribution is 2.39. The molecule has 0 fully saturated rings. The Labute approximate surface area is 246 Å². The van der Waals surface area contributed by atoms with Crippen LogP contribution in [0.1, 0.15) is 34.2 Å². The normalized spacial score (nSPS) is 11.5. The molecule has 0 atom stereocenters. The molecule has 0 saturated heterocycles. The molecule has 5 rings (SSSR count). The number of fused-ring (bicyclic) bond motifs is 1. The Balaban J connectivity index is 1.46. The maximum atomic E-state index is 13.9. The standard InChI is InChI=1S/C34H27ClF3NO3/c1-41-31(40)17-14-22-8-10-24(11-9-22)21-42-28-5-2-4-25(19-28)32-26(18-23-12-15-27(35)16-13-23)20-39-33-29(32)6-3-7-30(33)34(36,37)38/h2-13,15-16,19-20H,14,17-18,21H2,1H3. The number of aromatic nitrogens is 1. The number of ether oxygens (including phenoxy) is 2. The first-order valence-corrected chi connectivity index (χ1v) is 13.7. The highest BCUT2D eigenvalue weighted by atomic mass is 35.5. The topological polar surface area (TPSA) is 48.4 Å². The molecule has 4 aromatic carbocycles. The van der Waals surface area contributed by atoms with Gasteiger partial charge in [-0.2, -0.15) is 13.2 Å². The number of rotatable bonds is 9. The average Bonchev–Trinajstić information content (AvgIpc) is 2.99. The number of pyridine rings is 1. The van der Waals surface area contributed by atoms with Crippen molar-refractivity contribution in [3.05, 3.63) is 130 Å². The van der Waals surface area contributed by atoms with Crippen LogP contribution >= 0.6 is 11.6 Å².